The van der Waals surface area contributed by atoms with Gasteiger partial charge in [0.25, 0.3) is 0 Å². The number of hydrogen-bond donors (Lipinski definition) is 0. The van der Waals surface area contributed by atoms with Crippen molar-refractivity contribution in [1.82, 2.24) is 0 Å². The zero-order valence-electron chi connectivity index (χ0n) is 9.69. The van der Waals surface area contributed by atoms with E-state index in [1.165, 1.54) is 0 Å². The quantitative estimate of drug-likeness (QED) is 0.571. The molecular formula is C14H16O2. The monoisotopic (exact) mass is 216 g/mol. The summed E-state index contributed by atoms with van der Waals surface area (Å²) in [5.41, 5.74) is 0.965. The fourth-order valence-corrected chi connectivity index (χ4v) is 1.34. The van der Waals surface area contributed by atoms with Gasteiger partial charge in [-0.1, -0.05) is 43.2 Å². The molecule has 0 bridgehead atoms. The molecule has 2 heteroatoms. The van der Waals surface area contributed by atoms with Gasteiger partial charge in [0.2, 0.25) is 0 Å². The summed E-state index contributed by atoms with van der Waals surface area (Å²) in [4.78, 5) is 11.6. The van der Waals surface area contributed by atoms with Crippen LogP contribution in [0.3, 0.4) is 0 Å². The fraction of sp³-hybridized carbons (Fsp3) is 0.357. The van der Waals surface area contributed by atoms with Gasteiger partial charge in [-0.2, -0.15) is 0 Å². The van der Waals surface area contributed by atoms with Crippen LogP contribution in [0.1, 0.15) is 25.8 Å². The van der Waals surface area contributed by atoms with E-state index in [-0.39, 0.29) is 12.1 Å². The standard InChI is InChI=1S/C14H16O2/c1-3-8-13(4-2)16-14(15)11-12-9-6-5-7-10-12/h5-7,9-10,13H,4,11H2,1-2H3. The van der Waals surface area contributed by atoms with Crippen LogP contribution in [0.25, 0.3) is 0 Å². The lowest BCUT2D eigenvalue weighted by molar-refractivity contribution is -0.145. The van der Waals surface area contributed by atoms with E-state index in [4.69, 9.17) is 4.74 Å². The van der Waals surface area contributed by atoms with Crippen LogP contribution in [-0.4, -0.2) is 12.1 Å². The highest BCUT2D eigenvalue weighted by molar-refractivity contribution is 5.72. The molecule has 0 N–H and O–H groups in total. The van der Waals surface area contributed by atoms with Gasteiger partial charge in [0.15, 0.2) is 6.10 Å². The highest BCUT2D eigenvalue weighted by Gasteiger charge is 2.10. The Hall–Kier alpha value is -1.75. The smallest absolute Gasteiger partial charge is 0.311 e. The van der Waals surface area contributed by atoms with E-state index < -0.39 is 0 Å². The molecule has 0 saturated heterocycles. The summed E-state index contributed by atoms with van der Waals surface area (Å²) < 4.78 is 5.23. The average Bonchev–Trinajstić information content (AvgIpc) is 2.29. The maximum atomic E-state index is 11.6. The Balaban J connectivity index is 2.49. The summed E-state index contributed by atoms with van der Waals surface area (Å²) in [6.45, 7) is 3.69. The molecular weight excluding hydrogens is 200 g/mol. The minimum atomic E-state index is -0.277. The second kappa shape index (κ2) is 6.68. The average molecular weight is 216 g/mol. The van der Waals surface area contributed by atoms with Gasteiger partial charge in [-0.15, -0.1) is 5.92 Å². The van der Waals surface area contributed by atoms with Crippen LogP contribution in [0, 0.1) is 11.8 Å². The molecule has 0 aliphatic heterocycles. The lowest BCUT2D eigenvalue weighted by Gasteiger charge is -2.09. The second-order valence-electron chi connectivity index (χ2n) is 3.44. The van der Waals surface area contributed by atoms with Gasteiger partial charge in [-0.25, -0.2) is 0 Å². The van der Waals surface area contributed by atoms with E-state index in [1.54, 1.807) is 6.92 Å². The van der Waals surface area contributed by atoms with Crippen LogP contribution in [0.2, 0.25) is 0 Å². The van der Waals surface area contributed by atoms with Crippen LogP contribution in [0.4, 0.5) is 0 Å². The van der Waals surface area contributed by atoms with Crippen LogP contribution in [0.5, 0.6) is 0 Å². The van der Waals surface area contributed by atoms with E-state index in [2.05, 4.69) is 11.8 Å². The number of rotatable bonds is 4. The van der Waals surface area contributed by atoms with Gasteiger partial charge >= 0.3 is 5.97 Å². The van der Waals surface area contributed by atoms with Crippen molar-refractivity contribution in [1.29, 1.82) is 0 Å². The first kappa shape index (κ1) is 12.3. The molecule has 16 heavy (non-hydrogen) atoms. The molecule has 2 nitrogen and oxygen atoms in total. The van der Waals surface area contributed by atoms with E-state index in [0.29, 0.717) is 6.42 Å². The maximum Gasteiger partial charge on any atom is 0.311 e. The van der Waals surface area contributed by atoms with Crippen molar-refractivity contribution in [2.75, 3.05) is 0 Å². The minimum absolute atomic E-state index is 0.221. The van der Waals surface area contributed by atoms with Gasteiger partial charge < -0.3 is 4.74 Å². The van der Waals surface area contributed by atoms with Crippen molar-refractivity contribution in [3.8, 4) is 11.8 Å². The van der Waals surface area contributed by atoms with Gasteiger partial charge in [0, 0.05) is 0 Å². The summed E-state index contributed by atoms with van der Waals surface area (Å²) in [6, 6.07) is 9.56. The number of benzene rings is 1. The molecule has 0 amide bonds. The molecule has 0 aliphatic rings. The molecule has 0 radical (unpaired) electrons. The molecule has 0 fully saturated rings. The molecule has 1 aromatic rings. The summed E-state index contributed by atoms with van der Waals surface area (Å²) >= 11 is 0. The first-order valence-corrected chi connectivity index (χ1v) is 5.42. The predicted octanol–water partition coefficient (Wildman–Crippen LogP) is 2.57. The minimum Gasteiger partial charge on any atom is -0.449 e. The van der Waals surface area contributed by atoms with Crippen molar-refractivity contribution in [3.63, 3.8) is 0 Å². The van der Waals surface area contributed by atoms with Crippen molar-refractivity contribution < 1.29 is 9.53 Å². The number of esters is 1. The predicted molar refractivity (Wildman–Crippen MR) is 63.8 cm³/mol. The number of carbonyl (C=O) groups is 1. The Morgan fingerprint density at radius 2 is 2.06 bits per heavy atom. The van der Waals surface area contributed by atoms with Crippen LogP contribution < -0.4 is 0 Å². The Morgan fingerprint density at radius 1 is 1.38 bits per heavy atom. The zero-order chi connectivity index (χ0) is 11.8. The molecule has 0 heterocycles. The number of ether oxygens (including phenoxy) is 1. The molecule has 1 rings (SSSR count). The Kier molecular flexibility index (Phi) is 5.15. The third-order valence-corrected chi connectivity index (χ3v) is 2.14. The molecule has 84 valence electrons. The zero-order valence-corrected chi connectivity index (χ0v) is 9.69. The van der Waals surface area contributed by atoms with Crippen molar-refractivity contribution in [2.24, 2.45) is 0 Å². The van der Waals surface area contributed by atoms with Crippen molar-refractivity contribution in [3.05, 3.63) is 35.9 Å². The number of hydrogen-bond acceptors (Lipinski definition) is 2. The molecule has 1 atom stereocenters. The Labute approximate surface area is 96.6 Å². The molecule has 0 aliphatic carbocycles. The Bertz CT molecular complexity index is 384. The fourth-order valence-electron chi connectivity index (χ4n) is 1.34. The van der Waals surface area contributed by atoms with Gasteiger partial charge in [0.1, 0.15) is 0 Å². The summed E-state index contributed by atoms with van der Waals surface area (Å²) in [5.74, 6) is 5.40. The number of carbonyl (C=O) groups excluding carboxylic acids is 1. The Morgan fingerprint density at radius 3 is 2.62 bits per heavy atom. The lowest BCUT2D eigenvalue weighted by atomic mass is 10.1. The summed E-state index contributed by atoms with van der Waals surface area (Å²) in [6.07, 6.45) is 0.755. The third kappa shape index (κ3) is 4.18. The molecule has 1 unspecified atom stereocenters. The van der Waals surface area contributed by atoms with Crippen molar-refractivity contribution >= 4 is 5.97 Å². The molecule has 1 aromatic carbocycles. The largest absolute Gasteiger partial charge is 0.449 e. The summed E-state index contributed by atoms with van der Waals surface area (Å²) in [7, 11) is 0. The van der Waals surface area contributed by atoms with E-state index in [1.807, 2.05) is 37.3 Å². The third-order valence-electron chi connectivity index (χ3n) is 2.14. The molecule has 0 saturated carbocycles. The van der Waals surface area contributed by atoms with E-state index >= 15 is 0 Å². The first-order chi connectivity index (χ1) is 7.76. The summed E-state index contributed by atoms with van der Waals surface area (Å²) in [5, 5.41) is 0. The first-order valence-electron chi connectivity index (χ1n) is 5.42. The SMILES string of the molecule is CC#CC(CC)OC(=O)Cc1ccccc1. The van der Waals surface area contributed by atoms with Gasteiger partial charge in [0.05, 0.1) is 6.42 Å². The van der Waals surface area contributed by atoms with Crippen LogP contribution in [0.15, 0.2) is 30.3 Å². The van der Waals surface area contributed by atoms with Gasteiger partial charge in [-0.3, -0.25) is 4.79 Å². The highest BCUT2D eigenvalue weighted by atomic mass is 16.5. The highest BCUT2D eigenvalue weighted by Crippen LogP contribution is 2.04. The lowest BCUT2D eigenvalue weighted by Crippen LogP contribution is -2.17. The normalized spacial score (nSPS) is 11.1. The second-order valence-corrected chi connectivity index (χ2v) is 3.44. The van der Waals surface area contributed by atoms with Gasteiger partial charge in [-0.05, 0) is 18.9 Å². The topological polar surface area (TPSA) is 26.3 Å². The molecule has 0 spiro atoms. The van der Waals surface area contributed by atoms with Crippen molar-refractivity contribution in [2.45, 2.75) is 32.8 Å². The van der Waals surface area contributed by atoms with E-state index in [0.717, 1.165) is 12.0 Å². The van der Waals surface area contributed by atoms with Crippen LogP contribution in [-0.2, 0) is 16.0 Å². The molecule has 0 aromatic heterocycles. The maximum absolute atomic E-state index is 11.6. The van der Waals surface area contributed by atoms with E-state index in [9.17, 15) is 4.79 Å². The van der Waals surface area contributed by atoms with Crippen LogP contribution >= 0.6 is 0 Å².